The molecule has 0 unspecified atom stereocenters. The minimum atomic E-state index is 0.0546. The maximum absolute atomic E-state index is 11.0. The summed E-state index contributed by atoms with van der Waals surface area (Å²) in [6, 6.07) is 1.97. The van der Waals surface area contributed by atoms with Gasteiger partial charge in [-0.05, 0) is 12.3 Å². The number of nitrogens with zero attached hydrogens (tertiary/aromatic N) is 1. The van der Waals surface area contributed by atoms with Gasteiger partial charge in [0.25, 0.3) is 0 Å². The highest BCUT2D eigenvalue weighted by atomic mass is 16.1. The normalized spacial score (nSPS) is 9.50. The molecule has 0 aliphatic carbocycles. The lowest BCUT2D eigenvalue weighted by molar-refractivity contribution is -0.121. The van der Waals surface area contributed by atoms with Gasteiger partial charge < -0.3 is 5.32 Å². The predicted octanol–water partition coefficient (Wildman–Crippen LogP) is 1.45. The third-order valence-corrected chi connectivity index (χ3v) is 1.51. The number of nitrogens with one attached hydrogen (secondary N) is 1. The van der Waals surface area contributed by atoms with Crippen molar-refractivity contribution in [1.29, 1.82) is 5.26 Å². The standard InChI is InChI=1S/C9H16N2O/c1-8(2)4-5-9(12)11-7-3-6-10/h8H,3-5,7H2,1-2H3,(H,11,12). The van der Waals surface area contributed by atoms with Crippen LogP contribution in [0.25, 0.3) is 0 Å². The Bertz CT molecular complexity index is 170. The van der Waals surface area contributed by atoms with Crippen molar-refractivity contribution in [2.24, 2.45) is 5.92 Å². The number of hydrogen-bond acceptors (Lipinski definition) is 2. The zero-order valence-electron chi connectivity index (χ0n) is 7.76. The van der Waals surface area contributed by atoms with Gasteiger partial charge in [-0.2, -0.15) is 5.26 Å². The Kier molecular flexibility index (Phi) is 6.08. The molecule has 12 heavy (non-hydrogen) atoms. The van der Waals surface area contributed by atoms with Crippen molar-refractivity contribution < 1.29 is 4.79 Å². The first kappa shape index (κ1) is 11.0. The average Bonchev–Trinajstić information content (AvgIpc) is 2.01. The highest BCUT2D eigenvalue weighted by Crippen LogP contribution is 2.02. The van der Waals surface area contributed by atoms with E-state index >= 15 is 0 Å². The van der Waals surface area contributed by atoms with E-state index in [2.05, 4.69) is 19.2 Å². The molecule has 0 aromatic carbocycles. The van der Waals surface area contributed by atoms with Crippen molar-refractivity contribution in [1.82, 2.24) is 5.32 Å². The second-order valence-corrected chi connectivity index (χ2v) is 3.19. The first-order chi connectivity index (χ1) is 5.66. The zero-order valence-corrected chi connectivity index (χ0v) is 7.76. The number of nitriles is 1. The van der Waals surface area contributed by atoms with Gasteiger partial charge in [-0.3, -0.25) is 4.79 Å². The fourth-order valence-corrected chi connectivity index (χ4v) is 0.766. The first-order valence-electron chi connectivity index (χ1n) is 4.30. The van der Waals surface area contributed by atoms with Gasteiger partial charge in [0.1, 0.15) is 0 Å². The molecule has 0 spiro atoms. The quantitative estimate of drug-likeness (QED) is 0.632. The summed E-state index contributed by atoms with van der Waals surface area (Å²) in [5.74, 6) is 0.616. The van der Waals surface area contributed by atoms with Crippen molar-refractivity contribution >= 4 is 5.91 Å². The molecule has 0 saturated heterocycles. The van der Waals surface area contributed by atoms with Crippen molar-refractivity contribution in [3.05, 3.63) is 0 Å². The zero-order chi connectivity index (χ0) is 9.40. The smallest absolute Gasteiger partial charge is 0.220 e. The fraction of sp³-hybridized carbons (Fsp3) is 0.778. The Morgan fingerprint density at radius 2 is 2.25 bits per heavy atom. The van der Waals surface area contributed by atoms with Gasteiger partial charge in [-0.25, -0.2) is 0 Å². The van der Waals surface area contributed by atoms with E-state index in [9.17, 15) is 4.79 Å². The lowest BCUT2D eigenvalue weighted by Crippen LogP contribution is -2.24. The molecule has 3 nitrogen and oxygen atoms in total. The van der Waals surface area contributed by atoms with Crippen LogP contribution in [0.1, 0.15) is 33.1 Å². The van der Waals surface area contributed by atoms with E-state index in [1.807, 2.05) is 6.07 Å². The van der Waals surface area contributed by atoms with E-state index in [1.165, 1.54) is 0 Å². The van der Waals surface area contributed by atoms with Crippen molar-refractivity contribution in [3.63, 3.8) is 0 Å². The number of carbonyl (C=O) groups excluding carboxylic acids is 1. The third kappa shape index (κ3) is 7.07. The molecule has 0 saturated carbocycles. The second-order valence-electron chi connectivity index (χ2n) is 3.19. The summed E-state index contributed by atoms with van der Waals surface area (Å²) in [6.45, 7) is 4.65. The molecular formula is C9H16N2O. The number of amides is 1. The van der Waals surface area contributed by atoms with Gasteiger partial charge in [0.2, 0.25) is 5.91 Å². The summed E-state index contributed by atoms with van der Waals surface area (Å²) in [7, 11) is 0. The third-order valence-electron chi connectivity index (χ3n) is 1.51. The molecule has 0 radical (unpaired) electrons. The molecule has 0 atom stereocenters. The molecule has 1 amide bonds. The number of carbonyl (C=O) groups is 1. The Hall–Kier alpha value is -1.04. The van der Waals surface area contributed by atoms with E-state index in [4.69, 9.17) is 5.26 Å². The predicted molar refractivity (Wildman–Crippen MR) is 47.3 cm³/mol. The SMILES string of the molecule is CC(C)CCC(=O)NCCC#N. The van der Waals surface area contributed by atoms with Gasteiger partial charge in [-0.1, -0.05) is 13.8 Å². The lowest BCUT2D eigenvalue weighted by Gasteiger charge is -2.04. The summed E-state index contributed by atoms with van der Waals surface area (Å²) in [5.41, 5.74) is 0. The van der Waals surface area contributed by atoms with Gasteiger partial charge in [0.15, 0.2) is 0 Å². The number of hydrogen-bond donors (Lipinski definition) is 1. The summed E-state index contributed by atoms with van der Waals surface area (Å²) in [4.78, 5) is 11.0. The van der Waals surface area contributed by atoms with Crippen LogP contribution in [-0.2, 0) is 4.79 Å². The van der Waals surface area contributed by atoms with Crippen LogP contribution in [0.3, 0.4) is 0 Å². The largest absolute Gasteiger partial charge is 0.355 e. The minimum Gasteiger partial charge on any atom is -0.355 e. The van der Waals surface area contributed by atoms with E-state index < -0.39 is 0 Å². The second kappa shape index (κ2) is 6.66. The van der Waals surface area contributed by atoms with Gasteiger partial charge in [-0.15, -0.1) is 0 Å². The molecule has 0 aliphatic rings. The van der Waals surface area contributed by atoms with Crippen LogP contribution in [0.15, 0.2) is 0 Å². The number of rotatable bonds is 5. The average molecular weight is 168 g/mol. The Balaban J connectivity index is 3.29. The molecule has 0 aromatic rings. The van der Waals surface area contributed by atoms with Crippen LogP contribution in [0.4, 0.5) is 0 Å². The molecular weight excluding hydrogens is 152 g/mol. The monoisotopic (exact) mass is 168 g/mol. The van der Waals surface area contributed by atoms with Crippen molar-refractivity contribution in [3.8, 4) is 6.07 Å². The lowest BCUT2D eigenvalue weighted by atomic mass is 10.1. The summed E-state index contributed by atoms with van der Waals surface area (Å²) in [5, 5.41) is 10.9. The van der Waals surface area contributed by atoms with Crippen LogP contribution in [0.2, 0.25) is 0 Å². The van der Waals surface area contributed by atoms with Crippen LogP contribution in [-0.4, -0.2) is 12.5 Å². The molecule has 68 valence electrons. The van der Waals surface area contributed by atoms with Crippen LogP contribution in [0.5, 0.6) is 0 Å². The Morgan fingerprint density at radius 1 is 1.58 bits per heavy atom. The fourth-order valence-electron chi connectivity index (χ4n) is 0.766. The van der Waals surface area contributed by atoms with Crippen LogP contribution < -0.4 is 5.32 Å². The van der Waals surface area contributed by atoms with Crippen LogP contribution in [0, 0.1) is 17.2 Å². The van der Waals surface area contributed by atoms with E-state index in [0.717, 1.165) is 6.42 Å². The topological polar surface area (TPSA) is 52.9 Å². The molecule has 0 rings (SSSR count). The summed E-state index contributed by atoms with van der Waals surface area (Å²) < 4.78 is 0. The van der Waals surface area contributed by atoms with E-state index in [0.29, 0.717) is 25.3 Å². The molecule has 0 aromatic heterocycles. The Labute approximate surface area is 73.8 Å². The van der Waals surface area contributed by atoms with Crippen molar-refractivity contribution in [2.45, 2.75) is 33.1 Å². The van der Waals surface area contributed by atoms with Gasteiger partial charge in [0.05, 0.1) is 12.5 Å². The van der Waals surface area contributed by atoms with E-state index in [1.54, 1.807) is 0 Å². The molecule has 0 fully saturated rings. The molecule has 0 aliphatic heterocycles. The van der Waals surface area contributed by atoms with Crippen molar-refractivity contribution in [2.75, 3.05) is 6.54 Å². The molecule has 0 bridgehead atoms. The van der Waals surface area contributed by atoms with Gasteiger partial charge >= 0.3 is 0 Å². The maximum atomic E-state index is 11.0. The molecule has 0 heterocycles. The van der Waals surface area contributed by atoms with E-state index in [-0.39, 0.29) is 5.91 Å². The summed E-state index contributed by atoms with van der Waals surface area (Å²) in [6.07, 6.45) is 1.88. The maximum Gasteiger partial charge on any atom is 0.220 e. The van der Waals surface area contributed by atoms with Gasteiger partial charge in [0, 0.05) is 13.0 Å². The Morgan fingerprint density at radius 3 is 2.75 bits per heavy atom. The molecule has 3 heteroatoms. The first-order valence-corrected chi connectivity index (χ1v) is 4.30. The van der Waals surface area contributed by atoms with Crippen LogP contribution >= 0.6 is 0 Å². The summed E-state index contributed by atoms with van der Waals surface area (Å²) >= 11 is 0. The highest BCUT2D eigenvalue weighted by molar-refractivity contribution is 5.75. The molecule has 1 N–H and O–H groups in total. The minimum absolute atomic E-state index is 0.0546. The highest BCUT2D eigenvalue weighted by Gasteiger charge is 2.01.